The molecule has 0 fully saturated rings. The van der Waals surface area contributed by atoms with Gasteiger partial charge in [0.2, 0.25) is 0 Å². The van der Waals surface area contributed by atoms with Crippen LogP contribution < -0.4 is 0 Å². The molecule has 0 amide bonds. The van der Waals surface area contributed by atoms with Crippen molar-refractivity contribution in [1.82, 2.24) is 0 Å². The molecule has 0 aromatic rings. The third-order valence-corrected chi connectivity index (χ3v) is 4.90. The lowest BCUT2D eigenvalue weighted by Crippen LogP contribution is -2.21. The van der Waals surface area contributed by atoms with Crippen molar-refractivity contribution in [3.05, 3.63) is 0 Å². The van der Waals surface area contributed by atoms with Crippen LogP contribution in [0.2, 0.25) is 0 Å². The highest BCUT2D eigenvalue weighted by molar-refractivity contribution is 14.1. The second-order valence-electron chi connectivity index (χ2n) is 5.98. The molecule has 1 unspecified atom stereocenters. The van der Waals surface area contributed by atoms with E-state index in [4.69, 9.17) is 4.74 Å². The zero-order chi connectivity index (χ0) is 16.6. The molecule has 0 aliphatic carbocycles. The summed E-state index contributed by atoms with van der Waals surface area (Å²) in [6.07, 6.45) is 13.9. The highest BCUT2D eigenvalue weighted by Gasteiger charge is 2.19. The van der Waals surface area contributed by atoms with E-state index in [1.54, 1.807) is 0 Å². The standard InChI is InChI=1S/C18H33IO3/c1-3-5-7-9-11-13-15-17(20)22-18(21)16(19)14-12-10-8-6-4-2/h16H,3-15H2,1-2H3. The highest BCUT2D eigenvalue weighted by atomic mass is 127. The van der Waals surface area contributed by atoms with Gasteiger partial charge in [-0.05, 0) is 12.8 Å². The molecule has 0 saturated carbocycles. The fourth-order valence-electron chi connectivity index (χ4n) is 2.32. The van der Waals surface area contributed by atoms with E-state index < -0.39 is 0 Å². The molecule has 0 N–H and O–H groups in total. The second kappa shape index (κ2) is 15.8. The quantitative estimate of drug-likeness (QED) is 0.113. The minimum Gasteiger partial charge on any atom is -0.392 e. The molecule has 0 rings (SSSR count). The summed E-state index contributed by atoms with van der Waals surface area (Å²) < 4.78 is 4.75. The van der Waals surface area contributed by atoms with Gasteiger partial charge >= 0.3 is 11.9 Å². The molecule has 3 nitrogen and oxygen atoms in total. The Morgan fingerprint density at radius 1 is 0.818 bits per heavy atom. The topological polar surface area (TPSA) is 43.4 Å². The predicted octanol–water partition coefficient (Wildman–Crippen LogP) is 5.97. The molecular formula is C18H33IO3. The van der Waals surface area contributed by atoms with E-state index in [1.165, 1.54) is 44.9 Å². The normalized spacial score (nSPS) is 12.1. The zero-order valence-electron chi connectivity index (χ0n) is 14.4. The Morgan fingerprint density at radius 3 is 1.91 bits per heavy atom. The van der Waals surface area contributed by atoms with Crippen molar-refractivity contribution in [2.45, 2.75) is 101 Å². The average Bonchev–Trinajstić information content (AvgIpc) is 2.50. The van der Waals surface area contributed by atoms with Crippen LogP contribution in [-0.4, -0.2) is 15.9 Å². The first-order valence-corrected chi connectivity index (χ1v) is 10.2. The summed E-state index contributed by atoms with van der Waals surface area (Å²) in [5, 5.41) is 0. The van der Waals surface area contributed by atoms with Gasteiger partial charge in [0, 0.05) is 6.42 Å². The minimum absolute atomic E-state index is 0.187. The van der Waals surface area contributed by atoms with E-state index in [0.29, 0.717) is 6.42 Å². The Morgan fingerprint density at radius 2 is 1.32 bits per heavy atom. The van der Waals surface area contributed by atoms with Crippen molar-refractivity contribution in [1.29, 1.82) is 0 Å². The Hall–Kier alpha value is -0.130. The van der Waals surface area contributed by atoms with E-state index in [-0.39, 0.29) is 15.9 Å². The first-order chi connectivity index (χ1) is 10.6. The maximum Gasteiger partial charge on any atom is 0.326 e. The van der Waals surface area contributed by atoms with Gasteiger partial charge in [-0.15, -0.1) is 0 Å². The number of ether oxygens (including phenoxy) is 1. The van der Waals surface area contributed by atoms with Crippen LogP contribution in [-0.2, 0) is 14.3 Å². The van der Waals surface area contributed by atoms with Gasteiger partial charge in [0.05, 0.1) is 0 Å². The zero-order valence-corrected chi connectivity index (χ0v) is 16.5. The molecule has 1 atom stereocenters. The first kappa shape index (κ1) is 21.9. The minimum atomic E-state index is -0.355. The molecule has 0 aromatic carbocycles. The van der Waals surface area contributed by atoms with Crippen LogP contribution in [0.5, 0.6) is 0 Å². The number of halogens is 1. The smallest absolute Gasteiger partial charge is 0.326 e. The Kier molecular flexibility index (Phi) is 15.7. The van der Waals surface area contributed by atoms with Crippen LogP contribution in [0.3, 0.4) is 0 Å². The molecule has 0 aliphatic heterocycles. The van der Waals surface area contributed by atoms with Crippen LogP contribution in [0.4, 0.5) is 0 Å². The molecule has 0 aliphatic rings. The van der Waals surface area contributed by atoms with Gasteiger partial charge in [0.25, 0.3) is 0 Å². The lowest BCUT2D eigenvalue weighted by Gasteiger charge is -2.09. The third kappa shape index (κ3) is 13.5. The van der Waals surface area contributed by atoms with Gasteiger partial charge < -0.3 is 4.74 Å². The van der Waals surface area contributed by atoms with E-state index in [9.17, 15) is 9.59 Å². The van der Waals surface area contributed by atoms with Crippen LogP contribution in [0.1, 0.15) is 97.3 Å². The van der Waals surface area contributed by atoms with E-state index >= 15 is 0 Å². The van der Waals surface area contributed by atoms with Crippen molar-refractivity contribution in [2.24, 2.45) is 0 Å². The van der Waals surface area contributed by atoms with Crippen LogP contribution in [0.25, 0.3) is 0 Å². The van der Waals surface area contributed by atoms with Gasteiger partial charge in [0.15, 0.2) is 0 Å². The molecule has 130 valence electrons. The number of carbonyl (C=O) groups excluding carboxylic acids is 2. The molecule has 0 saturated heterocycles. The van der Waals surface area contributed by atoms with Crippen LogP contribution in [0, 0.1) is 0 Å². The lowest BCUT2D eigenvalue weighted by atomic mass is 10.1. The average molecular weight is 424 g/mol. The van der Waals surface area contributed by atoms with E-state index in [0.717, 1.165) is 32.1 Å². The van der Waals surface area contributed by atoms with Gasteiger partial charge in [-0.2, -0.15) is 0 Å². The number of unbranched alkanes of at least 4 members (excludes halogenated alkanes) is 9. The van der Waals surface area contributed by atoms with Crippen LogP contribution >= 0.6 is 22.6 Å². The van der Waals surface area contributed by atoms with E-state index in [1.807, 2.05) is 0 Å². The molecule has 22 heavy (non-hydrogen) atoms. The molecule has 0 spiro atoms. The number of carbonyl (C=O) groups is 2. The van der Waals surface area contributed by atoms with Gasteiger partial charge in [0.1, 0.15) is 3.92 Å². The number of hydrogen-bond acceptors (Lipinski definition) is 3. The Bertz CT molecular complexity index is 292. The molecule has 0 radical (unpaired) electrons. The SMILES string of the molecule is CCCCCCCCC(=O)OC(=O)C(I)CCCCCCC. The number of hydrogen-bond donors (Lipinski definition) is 0. The number of rotatable bonds is 14. The summed E-state index contributed by atoms with van der Waals surface area (Å²) in [5.41, 5.74) is 0. The fraction of sp³-hybridized carbons (Fsp3) is 0.889. The summed E-state index contributed by atoms with van der Waals surface area (Å²) >= 11 is 2.10. The van der Waals surface area contributed by atoms with Gasteiger partial charge in [-0.3, -0.25) is 9.59 Å². The summed E-state index contributed by atoms with van der Waals surface area (Å²) in [6, 6.07) is 0. The Balaban J connectivity index is 3.60. The summed E-state index contributed by atoms with van der Waals surface area (Å²) in [6.45, 7) is 4.38. The molecule has 0 aromatic heterocycles. The van der Waals surface area contributed by atoms with Gasteiger partial charge in [-0.1, -0.05) is 101 Å². The highest BCUT2D eigenvalue weighted by Crippen LogP contribution is 2.15. The monoisotopic (exact) mass is 424 g/mol. The molecule has 4 heteroatoms. The number of esters is 2. The van der Waals surface area contributed by atoms with Crippen molar-refractivity contribution in [2.75, 3.05) is 0 Å². The third-order valence-electron chi connectivity index (χ3n) is 3.77. The largest absolute Gasteiger partial charge is 0.392 e. The molecule has 0 heterocycles. The maximum atomic E-state index is 11.8. The number of alkyl halides is 1. The van der Waals surface area contributed by atoms with Crippen molar-refractivity contribution in [3.8, 4) is 0 Å². The van der Waals surface area contributed by atoms with Gasteiger partial charge in [-0.25, -0.2) is 0 Å². The molecule has 0 bridgehead atoms. The van der Waals surface area contributed by atoms with E-state index in [2.05, 4.69) is 36.4 Å². The van der Waals surface area contributed by atoms with Crippen LogP contribution in [0.15, 0.2) is 0 Å². The lowest BCUT2D eigenvalue weighted by molar-refractivity contribution is -0.159. The van der Waals surface area contributed by atoms with Crippen molar-refractivity contribution in [3.63, 3.8) is 0 Å². The summed E-state index contributed by atoms with van der Waals surface area (Å²) in [7, 11) is 0. The predicted molar refractivity (Wildman–Crippen MR) is 100 cm³/mol. The maximum absolute atomic E-state index is 11.8. The second-order valence-corrected chi connectivity index (χ2v) is 7.48. The first-order valence-electron chi connectivity index (χ1n) is 9.00. The summed E-state index contributed by atoms with van der Waals surface area (Å²) in [5.74, 6) is -0.708. The fourth-order valence-corrected chi connectivity index (χ4v) is 2.89. The molecular weight excluding hydrogens is 391 g/mol. The Labute approximate surface area is 150 Å². The van der Waals surface area contributed by atoms with Crippen molar-refractivity contribution >= 4 is 34.5 Å². The van der Waals surface area contributed by atoms with Crippen molar-refractivity contribution < 1.29 is 14.3 Å². The summed E-state index contributed by atoms with van der Waals surface area (Å²) in [4.78, 5) is 23.4.